The molecule has 1 aromatic rings. The van der Waals surface area contributed by atoms with Gasteiger partial charge < -0.3 is 10.2 Å². The number of benzene rings is 1. The van der Waals surface area contributed by atoms with Gasteiger partial charge in [-0.05, 0) is 30.9 Å². The van der Waals surface area contributed by atoms with E-state index in [1.54, 1.807) is 23.1 Å². The molecule has 0 aliphatic carbocycles. The van der Waals surface area contributed by atoms with E-state index in [1.165, 1.54) is 6.07 Å². The van der Waals surface area contributed by atoms with Crippen LogP contribution in [0.4, 0.5) is 4.39 Å². The topological polar surface area (TPSA) is 49.4 Å². The summed E-state index contributed by atoms with van der Waals surface area (Å²) in [5, 5.41) is 2.87. The van der Waals surface area contributed by atoms with E-state index in [-0.39, 0.29) is 29.5 Å². The van der Waals surface area contributed by atoms with Crippen molar-refractivity contribution < 1.29 is 14.0 Å². The molecule has 2 rings (SSSR count). The van der Waals surface area contributed by atoms with E-state index in [9.17, 15) is 14.0 Å². The van der Waals surface area contributed by atoms with Crippen LogP contribution >= 0.6 is 0 Å². The molecule has 1 aromatic carbocycles. The lowest BCUT2D eigenvalue weighted by molar-refractivity contribution is -0.138. The van der Waals surface area contributed by atoms with Gasteiger partial charge in [0.1, 0.15) is 5.82 Å². The molecule has 0 bridgehead atoms. The number of carbonyl (C=O) groups excluding carboxylic acids is 2. The van der Waals surface area contributed by atoms with Gasteiger partial charge in [-0.15, -0.1) is 0 Å². The molecule has 0 radical (unpaired) electrons. The summed E-state index contributed by atoms with van der Waals surface area (Å²) in [6, 6.07) is 6.59. The van der Waals surface area contributed by atoms with E-state index in [1.807, 2.05) is 13.8 Å². The van der Waals surface area contributed by atoms with E-state index in [0.717, 1.165) is 19.4 Å². The van der Waals surface area contributed by atoms with Gasteiger partial charge in [-0.25, -0.2) is 4.39 Å². The number of hydrogen-bond acceptors (Lipinski definition) is 2. The molecule has 1 saturated heterocycles. The van der Waals surface area contributed by atoms with Crippen molar-refractivity contribution in [3.8, 4) is 0 Å². The number of nitrogens with zero attached hydrogens (tertiary/aromatic N) is 1. The summed E-state index contributed by atoms with van der Waals surface area (Å²) >= 11 is 0. The van der Waals surface area contributed by atoms with Crippen LogP contribution in [0.1, 0.15) is 32.3 Å². The van der Waals surface area contributed by atoms with Crippen molar-refractivity contribution >= 4 is 11.8 Å². The summed E-state index contributed by atoms with van der Waals surface area (Å²) in [4.78, 5) is 26.1. The van der Waals surface area contributed by atoms with E-state index in [4.69, 9.17) is 0 Å². The Kier molecular flexibility index (Phi) is 6.13. The quantitative estimate of drug-likeness (QED) is 0.905. The molecule has 5 heteroatoms. The molecule has 1 aliphatic rings. The molecule has 4 nitrogen and oxygen atoms in total. The van der Waals surface area contributed by atoms with E-state index in [0.29, 0.717) is 25.1 Å². The Hall–Kier alpha value is -1.91. The molecule has 1 atom stereocenters. The van der Waals surface area contributed by atoms with Crippen LogP contribution in [-0.4, -0.2) is 36.3 Å². The first-order valence-corrected chi connectivity index (χ1v) is 8.29. The summed E-state index contributed by atoms with van der Waals surface area (Å²) in [5.74, 6) is -0.380. The Balaban J connectivity index is 1.81. The molecule has 1 unspecified atom stereocenters. The zero-order valence-electron chi connectivity index (χ0n) is 13.8. The lowest BCUT2D eigenvalue weighted by Gasteiger charge is -2.33. The van der Waals surface area contributed by atoms with Gasteiger partial charge in [0.15, 0.2) is 0 Å². The highest BCUT2D eigenvalue weighted by atomic mass is 19.1. The van der Waals surface area contributed by atoms with Crippen molar-refractivity contribution in [3.05, 3.63) is 35.6 Å². The van der Waals surface area contributed by atoms with Crippen LogP contribution in [0.3, 0.4) is 0 Å². The van der Waals surface area contributed by atoms with Crippen molar-refractivity contribution in [2.24, 2.45) is 11.8 Å². The van der Waals surface area contributed by atoms with Gasteiger partial charge in [-0.2, -0.15) is 0 Å². The summed E-state index contributed by atoms with van der Waals surface area (Å²) < 4.78 is 13.5. The number of amides is 2. The third-order valence-corrected chi connectivity index (χ3v) is 4.25. The highest BCUT2D eigenvalue weighted by molar-refractivity contribution is 5.82. The maximum atomic E-state index is 13.5. The van der Waals surface area contributed by atoms with Crippen molar-refractivity contribution in [1.82, 2.24) is 10.2 Å². The zero-order chi connectivity index (χ0) is 16.8. The minimum atomic E-state index is -0.242. The molecule has 0 saturated carbocycles. The molecule has 126 valence electrons. The molecule has 1 N–H and O–H groups in total. The molecule has 1 heterocycles. The largest absolute Gasteiger partial charge is 0.355 e. The maximum absolute atomic E-state index is 13.5. The fraction of sp³-hybridized carbons (Fsp3) is 0.556. The number of likely N-dealkylation sites (tertiary alicyclic amines) is 1. The number of rotatable bonds is 5. The van der Waals surface area contributed by atoms with Crippen LogP contribution in [0, 0.1) is 17.7 Å². The fourth-order valence-corrected chi connectivity index (χ4v) is 2.92. The standard InChI is InChI=1S/C18H25FN2O2/c1-13(2)18(23)21-11-5-7-15(12-21)17(22)20-10-9-14-6-3-4-8-16(14)19/h3-4,6,8,13,15H,5,7,9-12H2,1-2H3,(H,20,22). The predicted molar refractivity (Wildman–Crippen MR) is 87.3 cm³/mol. The Morgan fingerprint density at radius 3 is 2.78 bits per heavy atom. The van der Waals surface area contributed by atoms with E-state index in [2.05, 4.69) is 5.32 Å². The Labute approximate surface area is 137 Å². The molecule has 1 aliphatic heterocycles. The summed E-state index contributed by atoms with van der Waals surface area (Å²) in [6.45, 7) is 5.38. The second-order valence-corrected chi connectivity index (χ2v) is 6.41. The molecule has 2 amide bonds. The van der Waals surface area contributed by atoms with Gasteiger partial charge in [0, 0.05) is 25.6 Å². The summed E-state index contributed by atoms with van der Waals surface area (Å²) in [5.41, 5.74) is 0.605. The van der Waals surface area contributed by atoms with Crippen LogP contribution in [0.2, 0.25) is 0 Å². The van der Waals surface area contributed by atoms with Crippen molar-refractivity contribution in [1.29, 1.82) is 0 Å². The lowest BCUT2D eigenvalue weighted by atomic mass is 9.96. The zero-order valence-corrected chi connectivity index (χ0v) is 13.8. The van der Waals surface area contributed by atoms with E-state index < -0.39 is 0 Å². The highest BCUT2D eigenvalue weighted by Crippen LogP contribution is 2.18. The third-order valence-electron chi connectivity index (χ3n) is 4.25. The van der Waals surface area contributed by atoms with Crippen LogP contribution in [0.15, 0.2) is 24.3 Å². The van der Waals surface area contributed by atoms with Gasteiger partial charge in [-0.1, -0.05) is 32.0 Å². The van der Waals surface area contributed by atoms with Crippen molar-refractivity contribution in [3.63, 3.8) is 0 Å². The first-order chi connectivity index (χ1) is 11.0. The second-order valence-electron chi connectivity index (χ2n) is 6.41. The predicted octanol–water partition coefficient (Wildman–Crippen LogP) is 2.38. The summed E-state index contributed by atoms with van der Waals surface area (Å²) in [7, 11) is 0. The van der Waals surface area contributed by atoms with Crippen molar-refractivity contribution in [2.75, 3.05) is 19.6 Å². The lowest BCUT2D eigenvalue weighted by Crippen LogP contribution is -2.46. The third kappa shape index (κ3) is 4.78. The van der Waals surface area contributed by atoms with Gasteiger partial charge in [0.05, 0.1) is 5.92 Å². The number of hydrogen-bond donors (Lipinski definition) is 1. The first kappa shape index (κ1) is 17.4. The minimum Gasteiger partial charge on any atom is -0.355 e. The molecular formula is C18H25FN2O2. The van der Waals surface area contributed by atoms with E-state index >= 15 is 0 Å². The smallest absolute Gasteiger partial charge is 0.225 e. The van der Waals surface area contributed by atoms with Gasteiger partial charge in [0.25, 0.3) is 0 Å². The molecule has 0 spiro atoms. The van der Waals surface area contributed by atoms with Crippen LogP contribution < -0.4 is 5.32 Å². The average Bonchev–Trinajstić information content (AvgIpc) is 2.55. The Morgan fingerprint density at radius 2 is 2.09 bits per heavy atom. The number of halogens is 1. The number of piperidine rings is 1. The average molecular weight is 320 g/mol. The molecule has 23 heavy (non-hydrogen) atoms. The Morgan fingerprint density at radius 1 is 1.35 bits per heavy atom. The van der Waals surface area contributed by atoms with Crippen molar-refractivity contribution in [2.45, 2.75) is 33.1 Å². The Bertz CT molecular complexity index is 560. The molecule has 0 aromatic heterocycles. The molecular weight excluding hydrogens is 295 g/mol. The minimum absolute atomic E-state index is 0.0393. The van der Waals surface area contributed by atoms with Gasteiger partial charge in [0.2, 0.25) is 11.8 Å². The van der Waals surface area contributed by atoms with Gasteiger partial charge >= 0.3 is 0 Å². The molecule has 1 fully saturated rings. The van der Waals surface area contributed by atoms with Crippen LogP contribution in [0.25, 0.3) is 0 Å². The fourth-order valence-electron chi connectivity index (χ4n) is 2.92. The highest BCUT2D eigenvalue weighted by Gasteiger charge is 2.29. The van der Waals surface area contributed by atoms with Crippen LogP contribution in [-0.2, 0) is 16.0 Å². The second kappa shape index (κ2) is 8.09. The number of nitrogens with one attached hydrogen (secondary N) is 1. The SMILES string of the molecule is CC(C)C(=O)N1CCCC(C(=O)NCCc2ccccc2F)C1. The maximum Gasteiger partial charge on any atom is 0.225 e. The summed E-state index contributed by atoms with van der Waals surface area (Å²) in [6.07, 6.45) is 2.12. The van der Waals surface area contributed by atoms with Gasteiger partial charge in [-0.3, -0.25) is 9.59 Å². The normalized spacial score (nSPS) is 18.1. The first-order valence-electron chi connectivity index (χ1n) is 8.29. The van der Waals surface area contributed by atoms with Crippen LogP contribution in [0.5, 0.6) is 0 Å². The number of carbonyl (C=O) groups is 2. The monoisotopic (exact) mass is 320 g/mol.